The molecule has 20 heavy (non-hydrogen) atoms. The van der Waals surface area contributed by atoms with Crippen molar-refractivity contribution in [3.63, 3.8) is 0 Å². The van der Waals surface area contributed by atoms with Crippen molar-refractivity contribution >= 4 is 23.2 Å². The van der Waals surface area contributed by atoms with E-state index in [4.69, 9.17) is 11.6 Å². The van der Waals surface area contributed by atoms with Gasteiger partial charge in [-0.1, -0.05) is 23.7 Å². The van der Waals surface area contributed by atoms with E-state index >= 15 is 0 Å². The summed E-state index contributed by atoms with van der Waals surface area (Å²) in [7, 11) is 0. The Kier molecular flexibility index (Phi) is 5.09. The molecule has 0 radical (unpaired) electrons. The molecule has 0 saturated carbocycles. The van der Waals surface area contributed by atoms with Gasteiger partial charge in [0.1, 0.15) is 0 Å². The smallest absolute Gasteiger partial charge is 0.238 e. The van der Waals surface area contributed by atoms with Gasteiger partial charge < -0.3 is 10.6 Å². The van der Waals surface area contributed by atoms with Gasteiger partial charge in [0, 0.05) is 29.1 Å². The van der Waals surface area contributed by atoms with Crippen LogP contribution < -0.4 is 10.6 Å². The zero-order valence-corrected chi connectivity index (χ0v) is 11.9. The molecule has 0 spiro atoms. The largest absolute Gasteiger partial charge is 0.325 e. The molecule has 1 aromatic carbocycles. The first-order chi connectivity index (χ1) is 9.65. The van der Waals surface area contributed by atoms with Crippen LogP contribution in [0.4, 0.5) is 5.69 Å². The Balaban J connectivity index is 1.84. The third kappa shape index (κ3) is 4.33. The van der Waals surface area contributed by atoms with Crippen molar-refractivity contribution in [2.75, 3.05) is 11.9 Å². The minimum Gasteiger partial charge on any atom is -0.325 e. The highest BCUT2D eigenvalue weighted by atomic mass is 35.5. The van der Waals surface area contributed by atoms with Gasteiger partial charge in [0.25, 0.3) is 0 Å². The van der Waals surface area contributed by atoms with Gasteiger partial charge in [-0.15, -0.1) is 0 Å². The van der Waals surface area contributed by atoms with Crippen LogP contribution in [0.3, 0.4) is 0 Å². The van der Waals surface area contributed by atoms with E-state index in [2.05, 4.69) is 15.6 Å². The van der Waals surface area contributed by atoms with Crippen molar-refractivity contribution in [3.8, 4) is 0 Å². The van der Waals surface area contributed by atoms with Gasteiger partial charge in [0.05, 0.1) is 6.54 Å². The second kappa shape index (κ2) is 7.03. The van der Waals surface area contributed by atoms with Crippen molar-refractivity contribution in [2.45, 2.75) is 13.0 Å². The molecule has 1 heterocycles. The number of pyridine rings is 1. The molecule has 1 aromatic heterocycles. The Morgan fingerprint density at radius 2 is 2.05 bits per heavy atom. The van der Waals surface area contributed by atoms with E-state index in [9.17, 15) is 4.79 Å². The van der Waals surface area contributed by atoms with E-state index in [1.165, 1.54) is 0 Å². The lowest BCUT2D eigenvalue weighted by Crippen LogP contribution is -2.30. The maximum Gasteiger partial charge on any atom is 0.238 e. The number of hydrogen-bond donors (Lipinski definition) is 2. The van der Waals surface area contributed by atoms with Gasteiger partial charge in [-0.05, 0) is 36.8 Å². The van der Waals surface area contributed by atoms with E-state index in [1.807, 2.05) is 31.2 Å². The zero-order chi connectivity index (χ0) is 14.4. The van der Waals surface area contributed by atoms with E-state index in [-0.39, 0.29) is 18.5 Å². The number of nitrogens with one attached hydrogen (secondary N) is 2. The number of benzene rings is 1. The SMILES string of the molecule is C[C@@H](NCC(=O)Nc1ccncc1)c1cccc(Cl)c1. The average Bonchev–Trinajstić information content (AvgIpc) is 2.46. The number of aromatic nitrogens is 1. The van der Waals surface area contributed by atoms with Crippen LogP contribution in [-0.4, -0.2) is 17.4 Å². The van der Waals surface area contributed by atoms with Gasteiger partial charge >= 0.3 is 0 Å². The molecule has 4 nitrogen and oxygen atoms in total. The molecule has 1 amide bonds. The van der Waals surface area contributed by atoms with Crippen LogP contribution in [-0.2, 0) is 4.79 Å². The summed E-state index contributed by atoms with van der Waals surface area (Å²) in [5.74, 6) is -0.0925. The summed E-state index contributed by atoms with van der Waals surface area (Å²) in [6, 6.07) is 11.1. The molecule has 0 aliphatic heterocycles. The first kappa shape index (κ1) is 14.5. The molecule has 0 aliphatic carbocycles. The van der Waals surface area contributed by atoms with Crippen LogP contribution in [0.5, 0.6) is 0 Å². The molecule has 2 aromatic rings. The summed E-state index contributed by atoms with van der Waals surface area (Å²) in [5.41, 5.74) is 1.79. The summed E-state index contributed by atoms with van der Waals surface area (Å²) in [5, 5.41) is 6.64. The second-order valence-corrected chi connectivity index (χ2v) is 4.88. The predicted octanol–water partition coefficient (Wildman–Crippen LogP) is 3.02. The third-order valence-electron chi connectivity index (χ3n) is 2.88. The maximum atomic E-state index is 11.8. The van der Waals surface area contributed by atoms with Gasteiger partial charge in [-0.3, -0.25) is 9.78 Å². The lowest BCUT2D eigenvalue weighted by atomic mass is 10.1. The highest BCUT2D eigenvalue weighted by Gasteiger charge is 2.08. The van der Waals surface area contributed by atoms with Crippen molar-refractivity contribution in [3.05, 3.63) is 59.4 Å². The van der Waals surface area contributed by atoms with E-state index in [1.54, 1.807) is 24.5 Å². The molecule has 2 N–H and O–H groups in total. The van der Waals surface area contributed by atoms with E-state index in [0.717, 1.165) is 11.3 Å². The maximum absolute atomic E-state index is 11.8. The molecular formula is C15H16ClN3O. The molecule has 0 fully saturated rings. The Morgan fingerprint density at radius 3 is 2.75 bits per heavy atom. The monoisotopic (exact) mass is 289 g/mol. The summed E-state index contributed by atoms with van der Waals surface area (Å²) >= 11 is 5.95. The topological polar surface area (TPSA) is 54.0 Å². The Bertz CT molecular complexity index is 574. The van der Waals surface area contributed by atoms with Crippen LogP contribution in [0.2, 0.25) is 5.02 Å². The fraction of sp³-hybridized carbons (Fsp3) is 0.200. The minimum atomic E-state index is -0.0925. The van der Waals surface area contributed by atoms with Gasteiger partial charge in [-0.25, -0.2) is 0 Å². The Labute approximate surface area is 123 Å². The highest BCUT2D eigenvalue weighted by Crippen LogP contribution is 2.17. The minimum absolute atomic E-state index is 0.0527. The Morgan fingerprint density at radius 1 is 1.30 bits per heavy atom. The summed E-state index contributed by atoms with van der Waals surface area (Å²) in [4.78, 5) is 15.7. The number of hydrogen-bond acceptors (Lipinski definition) is 3. The molecule has 0 bridgehead atoms. The predicted molar refractivity (Wildman–Crippen MR) is 80.7 cm³/mol. The number of amides is 1. The number of anilines is 1. The van der Waals surface area contributed by atoms with Gasteiger partial charge in [0.2, 0.25) is 5.91 Å². The summed E-state index contributed by atoms with van der Waals surface area (Å²) in [6.45, 7) is 2.22. The van der Waals surface area contributed by atoms with Crippen LogP contribution in [0.25, 0.3) is 0 Å². The molecule has 5 heteroatoms. The standard InChI is InChI=1S/C15H16ClN3O/c1-11(12-3-2-4-13(16)9-12)18-10-15(20)19-14-5-7-17-8-6-14/h2-9,11,18H,10H2,1H3,(H,17,19,20)/t11-/m1/s1. The molecule has 1 atom stereocenters. The number of carbonyl (C=O) groups is 1. The van der Waals surface area contributed by atoms with Crippen molar-refractivity contribution in [2.24, 2.45) is 0 Å². The normalized spacial score (nSPS) is 11.9. The quantitative estimate of drug-likeness (QED) is 0.889. The zero-order valence-electron chi connectivity index (χ0n) is 11.1. The number of halogens is 1. The molecular weight excluding hydrogens is 274 g/mol. The van der Waals surface area contributed by atoms with Crippen molar-refractivity contribution in [1.82, 2.24) is 10.3 Å². The van der Waals surface area contributed by atoms with Crippen LogP contribution in [0.1, 0.15) is 18.5 Å². The fourth-order valence-corrected chi connectivity index (χ4v) is 1.98. The third-order valence-corrected chi connectivity index (χ3v) is 3.12. The summed E-state index contributed by atoms with van der Waals surface area (Å²) < 4.78 is 0. The van der Waals surface area contributed by atoms with Gasteiger partial charge in [-0.2, -0.15) is 0 Å². The lowest BCUT2D eigenvalue weighted by molar-refractivity contribution is -0.115. The molecule has 0 unspecified atom stereocenters. The molecule has 0 aliphatic rings. The first-order valence-electron chi connectivity index (χ1n) is 6.34. The van der Waals surface area contributed by atoms with Crippen molar-refractivity contribution in [1.29, 1.82) is 0 Å². The first-order valence-corrected chi connectivity index (χ1v) is 6.71. The molecule has 104 valence electrons. The van der Waals surface area contributed by atoms with Gasteiger partial charge in [0.15, 0.2) is 0 Å². The lowest BCUT2D eigenvalue weighted by Gasteiger charge is -2.14. The molecule has 0 saturated heterocycles. The average molecular weight is 290 g/mol. The summed E-state index contributed by atoms with van der Waals surface area (Å²) in [6.07, 6.45) is 3.27. The highest BCUT2D eigenvalue weighted by molar-refractivity contribution is 6.30. The van der Waals surface area contributed by atoms with E-state index < -0.39 is 0 Å². The van der Waals surface area contributed by atoms with Crippen LogP contribution in [0, 0.1) is 0 Å². The Hall–Kier alpha value is -1.91. The van der Waals surface area contributed by atoms with E-state index in [0.29, 0.717) is 5.02 Å². The number of nitrogens with zero attached hydrogens (tertiary/aromatic N) is 1. The molecule has 2 rings (SSSR count). The fourth-order valence-electron chi connectivity index (χ4n) is 1.78. The second-order valence-electron chi connectivity index (χ2n) is 4.44. The van der Waals surface area contributed by atoms with Crippen LogP contribution in [0.15, 0.2) is 48.8 Å². The number of rotatable bonds is 5. The van der Waals surface area contributed by atoms with Crippen molar-refractivity contribution < 1.29 is 4.79 Å². The number of carbonyl (C=O) groups excluding carboxylic acids is 1. The van der Waals surface area contributed by atoms with Crippen LogP contribution >= 0.6 is 11.6 Å².